The van der Waals surface area contributed by atoms with Crippen LogP contribution in [0.1, 0.15) is 36.0 Å². The van der Waals surface area contributed by atoms with E-state index in [0.29, 0.717) is 26.6 Å². The Hall–Kier alpha value is -2.65. The fourth-order valence-electron chi connectivity index (χ4n) is 2.83. The molecule has 0 unspecified atom stereocenters. The zero-order valence-corrected chi connectivity index (χ0v) is 18.9. The molecule has 3 aromatic rings. The third kappa shape index (κ3) is 4.91. The Bertz CT molecular complexity index is 1130. The first-order valence-electron chi connectivity index (χ1n) is 9.50. The van der Waals surface area contributed by atoms with Crippen LogP contribution in [-0.2, 0) is 22.5 Å². The molecule has 2 heterocycles. The number of nitrogens with zero attached hydrogens (tertiary/aromatic N) is 2. The van der Waals surface area contributed by atoms with Gasteiger partial charge in [0.1, 0.15) is 11.4 Å². The number of amides is 1. The van der Waals surface area contributed by atoms with E-state index in [2.05, 4.69) is 10.3 Å². The van der Waals surface area contributed by atoms with E-state index in [1.54, 1.807) is 38.1 Å². The van der Waals surface area contributed by atoms with Crippen LogP contribution in [0.25, 0.3) is 10.2 Å². The molecule has 158 valence electrons. The van der Waals surface area contributed by atoms with Crippen LogP contribution in [0.3, 0.4) is 0 Å². The molecule has 0 saturated heterocycles. The van der Waals surface area contributed by atoms with Gasteiger partial charge in [0.05, 0.1) is 17.1 Å². The van der Waals surface area contributed by atoms with Gasteiger partial charge in [-0.05, 0) is 56.9 Å². The highest BCUT2D eigenvalue weighted by Crippen LogP contribution is 2.24. The lowest BCUT2D eigenvalue weighted by Crippen LogP contribution is -2.29. The molecule has 0 saturated carbocycles. The monoisotopic (exact) mass is 445 g/mol. The number of aromatic nitrogens is 2. The number of rotatable bonds is 7. The molecule has 2 aromatic heterocycles. The summed E-state index contributed by atoms with van der Waals surface area (Å²) in [6, 6.07) is 8.28. The summed E-state index contributed by atoms with van der Waals surface area (Å²) in [5.74, 6) is -0.766. The predicted octanol–water partition coefficient (Wildman–Crippen LogP) is 3.95. The summed E-state index contributed by atoms with van der Waals surface area (Å²) in [6.45, 7) is 5.44. The lowest BCUT2D eigenvalue weighted by atomic mass is 10.2. The van der Waals surface area contributed by atoms with Crippen molar-refractivity contribution in [3.63, 3.8) is 0 Å². The second kappa shape index (κ2) is 9.44. The molecule has 30 heavy (non-hydrogen) atoms. The summed E-state index contributed by atoms with van der Waals surface area (Å²) in [5.41, 5.74) is 0.710. The third-order valence-corrected chi connectivity index (χ3v) is 6.10. The zero-order valence-electron chi connectivity index (χ0n) is 17.2. The number of thioether (sulfide) groups is 1. The van der Waals surface area contributed by atoms with E-state index in [1.165, 1.54) is 27.7 Å². The van der Waals surface area contributed by atoms with Crippen molar-refractivity contribution in [2.45, 2.75) is 45.0 Å². The van der Waals surface area contributed by atoms with E-state index in [9.17, 15) is 14.4 Å². The minimum atomic E-state index is -0.416. The Labute approximate surface area is 182 Å². The average Bonchev–Trinajstić information content (AvgIpc) is 3.13. The van der Waals surface area contributed by atoms with Crippen molar-refractivity contribution < 1.29 is 14.3 Å². The molecule has 1 aromatic carbocycles. The van der Waals surface area contributed by atoms with Crippen molar-refractivity contribution in [2.24, 2.45) is 0 Å². The van der Waals surface area contributed by atoms with Crippen LogP contribution in [0.15, 0.2) is 40.3 Å². The molecule has 1 amide bonds. The molecule has 9 heteroatoms. The molecular weight excluding hydrogens is 422 g/mol. The molecule has 3 rings (SSSR count). The van der Waals surface area contributed by atoms with Crippen LogP contribution >= 0.6 is 23.1 Å². The Morgan fingerprint density at radius 1 is 1.27 bits per heavy atom. The van der Waals surface area contributed by atoms with Gasteiger partial charge in [-0.25, -0.2) is 9.78 Å². The SMILES string of the molecule is CCc1cc2c(=O)n(CC(=O)Nc3ccc(C(=O)OC(C)C)cc3)c(SC)nc2s1. The van der Waals surface area contributed by atoms with Crippen molar-refractivity contribution in [3.05, 3.63) is 51.1 Å². The predicted molar refractivity (Wildman–Crippen MR) is 121 cm³/mol. The number of hydrogen-bond donors (Lipinski definition) is 1. The fourth-order valence-corrected chi connectivity index (χ4v) is 4.40. The maximum absolute atomic E-state index is 12.9. The first kappa shape index (κ1) is 22.0. The van der Waals surface area contributed by atoms with Crippen LogP contribution in [0.4, 0.5) is 5.69 Å². The Kier molecular flexibility index (Phi) is 6.94. The lowest BCUT2D eigenvalue weighted by molar-refractivity contribution is -0.116. The van der Waals surface area contributed by atoms with E-state index < -0.39 is 5.97 Å². The molecule has 0 aliphatic rings. The largest absolute Gasteiger partial charge is 0.459 e. The highest BCUT2D eigenvalue weighted by atomic mass is 32.2. The fraction of sp³-hybridized carbons (Fsp3) is 0.333. The molecule has 0 spiro atoms. The number of nitrogens with one attached hydrogen (secondary N) is 1. The number of aryl methyl sites for hydroxylation is 1. The van der Waals surface area contributed by atoms with Gasteiger partial charge < -0.3 is 10.1 Å². The molecule has 1 N–H and O–H groups in total. The average molecular weight is 446 g/mol. The number of carbonyl (C=O) groups is 2. The molecule has 0 aliphatic heterocycles. The molecule has 0 radical (unpaired) electrons. The van der Waals surface area contributed by atoms with Crippen molar-refractivity contribution in [1.82, 2.24) is 9.55 Å². The summed E-state index contributed by atoms with van der Waals surface area (Å²) >= 11 is 2.83. The molecule has 0 fully saturated rings. The number of anilines is 1. The molecule has 0 bridgehead atoms. The van der Waals surface area contributed by atoms with Crippen molar-refractivity contribution >= 4 is 50.9 Å². The standard InChI is InChI=1S/C21H23N3O4S2/c1-5-15-10-16-18(30-15)23-21(29-4)24(19(16)26)11-17(25)22-14-8-6-13(7-9-14)20(27)28-12(2)3/h6-10,12H,5,11H2,1-4H3,(H,22,25). The highest BCUT2D eigenvalue weighted by molar-refractivity contribution is 7.98. The van der Waals surface area contributed by atoms with Crippen LogP contribution in [0, 0.1) is 0 Å². The van der Waals surface area contributed by atoms with Gasteiger partial charge in [0.2, 0.25) is 5.91 Å². The summed E-state index contributed by atoms with van der Waals surface area (Å²) in [5, 5.41) is 3.79. The van der Waals surface area contributed by atoms with Gasteiger partial charge >= 0.3 is 5.97 Å². The van der Waals surface area contributed by atoms with Crippen molar-refractivity contribution in [2.75, 3.05) is 11.6 Å². The van der Waals surface area contributed by atoms with E-state index in [-0.39, 0.29) is 24.1 Å². The molecular formula is C21H23N3O4S2. The van der Waals surface area contributed by atoms with E-state index >= 15 is 0 Å². The van der Waals surface area contributed by atoms with E-state index in [0.717, 1.165) is 11.3 Å². The van der Waals surface area contributed by atoms with Crippen LogP contribution < -0.4 is 10.9 Å². The van der Waals surface area contributed by atoms with Crippen LogP contribution in [0.5, 0.6) is 0 Å². The number of carbonyl (C=O) groups excluding carboxylic acids is 2. The van der Waals surface area contributed by atoms with Gasteiger partial charge in [0.25, 0.3) is 5.56 Å². The van der Waals surface area contributed by atoms with Gasteiger partial charge in [-0.1, -0.05) is 18.7 Å². The maximum atomic E-state index is 12.9. The topological polar surface area (TPSA) is 90.3 Å². The van der Waals surface area contributed by atoms with Crippen LogP contribution in [0.2, 0.25) is 0 Å². The summed E-state index contributed by atoms with van der Waals surface area (Å²) < 4.78 is 6.54. The number of esters is 1. The number of fused-ring (bicyclic) bond motifs is 1. The summed E-state index contributed by atoms with van der Waals surface area (Å²) in [7, 11) is 0. The Morgan fingerprint density at radius 2 is 1.97 bits per heavy atom. The van der Waals surface area contributed by atoms with Gasteiger partial charge in [-0.2, -0.15) is 0 Å². The normalized spacial score (nSPS) is 11.1. The van der Waals surface area contributed by atoms with Gasteiger partial charge in [-0.15, -0.1) is 11.3 Å². The van der Waals surface area contributed by atoms with Gasteiger partial charge in [-0.3, -0.25) is 14.2 Å². The number of benzene rings is 1. The first-order chi connectivity index (χ1) is 14.3. The van der Waals surface area contributed by atoms with E-state index in [4.69, 9.17) is 4.74 Å². The minimum absolute atomic E-state index is 0.146. The second-order valence-electron chi connectivity index (χ2n) is 6.85. The van der Waals surface area contributed by atoms with Crippen molar-refractivity contribution in [3.8, 4) is 0 Å². The highest BCUT2D eigenvalue weighted by Gasteiger charge is 2.16. The Morgan fingerprint density at radius 3 is 2.57 bits per heavy atom. The molecule has 0 aliphatic carbocycles. The smallest absolute Gasteiger partial charge is 0.338 e. The van der Waals surface area contributed by atoms with Gasteiger partial charge in [0, 0.05) is 10.6 Å². The molecule has 7 nitrogen and oxygen atoms in total. The first-order valence-corrected chi connectivity index (χ1v) is 11.5. The quantitative estimate of drug-likeness (QED) is 0.336. The minimum Gasteiger partial charge on any atom is -0.459 e. The molecule has 0 atom stereocenters. The third-order valence-electron chi connectivity index (χ3n) is 4.25. The zero-order chi connectivity index (χ0) is 21.8. The van der Waals surface area contributed by atoms with Crippen molar-refractivity contribution in [1.29, 1.82) is 0 Å². The summed E-state index contributed by atoms with van der Waals surface area (Å²) in [6.07, 6.45) is 2.45. The number of ether oxygens (including phenoxy) is 1. The second-order valence-corrected chi connectivity index (χ2v) is 8.74. The van der Waals surface area contributed by atoms with E-state index in [1.807, 2.05) is 19.2 Å². The Balaban J connectivity index is 1.77. The lowest BCUT2D eigenvalue weighted by Gasteiger charge is -2.11. The maximum Gasteiger partial charge on any atom is 0.338 e. The number of hydrogen-bond acceptors (Lipinski definition) is 7. The van der Waals surface area contributed by atoms with Gasteiger partial charge in [0.15, 0.2) is 5.16 Å². The van der Waals surface area contributed by atoms with Crippen LogP contribution in [-0.4, -0.2) is 33.8 Å². The summed E-state index contributed by atoms with van der Waals surface area (Å²) in [4.78, 5) is 43.7. The number of thiophene rings is 1.